The van der Waals surface area contributed by atoms with Gasteiger partial charge in [-0.15, -0.1) is 0 Å². The molecule has 0 saturated heterocycles. The lowest BCUT2D eigenvalue weighted by Gasteiger charge is -2.14. The molecular formula is C21H21N3O5. The van der Waals surface area contributed by atoms with Gasteiger partial charge < -0.3 is 19.5 Å². The first kappa shape index (κ1) is 18.7. The lowest BCUT2D eigenvalue weighted by molar-refractivity contribution is -0.122. The van der Waals surface area contributed by atoms with Crippen molar-refractivity contribution in [3.8, 4) is 22.9 Å². The molecule has 8 nitrogen and oxygen atoms in total. The van der Waals surface area contributed by atoms with Gasteiger partial charge in [-0.3, -0.25) is 14.3 Å². The number of carbonyl (C=O) groups is 1. The summed E-state index contributed by atoms with van der Waals surface area (Å²) in [6, 6.07) is 14.3. The van der Waals surface area contributed by atoms with Gasteiger partial charge in [-0.1, -0.05) is 18.2 Å². The second-order valence-corrected chi connectivity index (χ2v) is 6.70. The molecule has 0 aliphatic carbocycles. The Morgan fingerprint density at radius 2 is 1.86 bits per heavy atom. The summed E-state index contributed by atoms with van der Waals surface area (Å²) in [5.41, 5.74) is 1.28. The Morgan fingerprint density at radius 3 is 2.62 bits per heavy atom. The Hall–Kier alpha value is -3.68. The summed E-state index contributed by atoms with van der Waals surface area (Å²) in [5.74, 6) is 1.26. The van der Waals surface area contributed by atoms with Gasteiger partial charge in [0.1, 0.15) is 11.4 Å². The van der Waals surface area contributed by atoms with E-state index in [0.717, 1.165) is 0 Å². The van der Waals surface area contributed by atoms with Crippen molar-refractivity contribution >= 4 is 11.6 Å². The van der Waals surface area contributed by atoms with Crippen molar-refractivity contribution in [1.82, 2.24) is 9.36 Å². The highest BCUT2D eigenvalue weighted by Gasteiger charge is 2.22. The number of hydrogen-bond donors (Lipinski definition) is 1. The van der Waals surface area contributed by atoms with E-state index in [1.165, 1.54) is 4.68 Å². The molecular weight excluding hydrogens is 374 g/mol. The zero-order valence-electron chi connectivity index (χ0n) is 16.3. The molecule has 0 saturated carbocycles. The SMILES string of the molecule is Cc1c(NC(=O)[C@H](C)Oc2ccc3c(c2)OCO3)c(=O)n(-c2ccccc2)n1C. The van der Waals surface area contributed by atoms with Crippen LogP contribution >= 0.6 is 0 Å². The van der Waals surface area contributed by atoms with Crippen LogP contribution in [0.2, 0.25) is 0 Å². The number of nitrogens with zero attached hydrogens (tertiary/aromatic N) is 2. The van der Waals surface area contributed by atoms with Crippen LogP contribution in [0, 0.1) is 6.92 Å². The number of anilines is 1. The molecule has 1 aliphatic heterocycles. The smallest absolute Gasteiger partial charge is 0.295 e. The molecule has 4 rings (SSSR count). The molecule has 29 heavy (non-hydrogen) atoms. The summed E-state index contributed by atoms with van der Waals surface area (Å²) in [6.07, 6.45) is -0.820. The maximum absolute atomic E-state index is 12.9. The van der Waals surface area contributed by atoms with E-state index in [1.54, 1.807) is 43.8 Å². The van der Waals surface area contributed by atoms with Crippen LogP contribution in [0.25, 0.3) is 5.69 Å². The minimum absolute atomic E-state index is 0.163. The summed E-state index contributed by atoms with van der Waals surface area (Å²) in [5, 5.41) is 2.71. The number of amides is 1. The van der Waals surface area contributed by atoms with Crippen molar-refractivity contribution < 1.29 is 19.0 Å². The van der Waals surface area contributed by atoms with Crippen molar-refractivity contribution in [2.45, 2.75) is 20.0 Å². The fourth-order valence-corrected chi connectivity index (χ4v) is 3.14. The lowest BCUT2D eigenvalue weighted by Crippen LogP contribution is -2.32. The largest absolute Gasteiger partial charge is 0.481 e. The van der Waals surface area contributed by atoms with Crippen LogP contribution < -0.4 is 25.1 Å². The first-order chi connectivity index (χ1) is 14.0. The minimum atomic E-state index is -0.820. The molecule has 8 heteroatoms. The first-order valence-corrected chi connectivity index (χ1v) is 9.17. The maximum atomic E-state index is 12.9. The van der Waals surface area contributed by atoms with E-state index >= 15 is 0 Å². The Morgan fingerprint density at radius 1 is 1.14 bits per heavy atom. The average molecular weight is 395 g/mol. The fraction of sp³-hybridized carbons (Fsp3) is 0.238. The van der Waals surface area contributed by atoms with Crippen LogP contribution in [0.1, 0.15) is 12.6 Å². The Labute approximate surface area is 167 Å². The third kappa shape index (κ3) is 3.44. The number of nitrogens with one attached hydrogen (secondary N) is 1. The van der Waals surface area contributed by atoms with Gasteiger partial charge in [0.15, 0.2) is 17.6 Å². The molecule has 2 heterocycles. The topological polar surface area (TPSA) is 83.7 Å². The van der Waals surface area contributed by atoms with Gasteiger partial charge in [0.25, 0.3) is 11.5 Å². The van der Waals surface area contributed by atoms with Crippen molar-refractivity contribution in [1.29, 1.82) is 0 Å². The van der Waals surface area contributed by atoms with Gasteiger partial charge in [-0.05, 0) is 38.1 Å². The fourth-order valence-electron chi connectivity index (χ4n) is 3.14. The van der Waals surface area contributed by atoms with E-state index in [2.05, 4.69) is 5.32 Å². The van der Waals surface area contributed by atoms with Crippen molar-refractivity contribution in [2.24, 2.45) is 7.05 Å². The molecule has 0 spiro atoms. The summed E-state index contributed by atoms with van der Waals surface area (Å²) in [6.45, 7) is 3.56. The van der Waals surface area contributed by atoms with Crippen LogP contribution in [0.3, 0.4) is 0 Å². The van der Waals surface area contributed by atoms with E-state index in [4.69, 9.17) is 14.2 Å². The number of para-hydroxylation sites is 1. The standard InChI is InChI=1S/C21H21N3O5/c1-13-19(21(26)24(23(13)3)15-7-5-4-6-8-15)22-20(25)14(2)29-16-9-10-17-18(11-16)28-12-27-17/h4-11,14H,12H2,1-3H3,(H,22,25)/t14-/m0/s1. The summed E-state index contributed by atoms with van der Waals surface area (Å²) in [4.78, 5) is 25.6. The number of aromatic nitrogens is 2. The summed E-state index contributed by atoms with van der Waals surface area (Å²) < 4.78 is 19.5. The number of rotatable bonds is 5. The summed E-state index contributed by atoms with van der Waals surface area (Å²) in [7, 11) is 1.77. The van der Waals surface area contributed by atoms with Gasteiger partial charge in [-0.2, -0.15) is 0 Å². The van der Waals surface area contributed by atoms with E-state index in [0.29, 0.717) is 28.6 Å². The molecule has 1 aromatic heterocycles. The predicted molar refractivity (Wildman–Crippen MR) is 107 cm³/mol. The van der Waals surface area contributed by atoms with Gasteiger partial charge >= 0.3 is 0 Å². The average Bonchev–Trinajstić information content (AvgIpc) is 3.27. The first-order valence-electron chi connectivity index (χ1n) is 9.17. The molecule has 150 valence electrons. The Bertz CT molecular complexity index is 1120. The molecule has 0 bridgehead atoms. The highest BCUT2D eigenvalue weighted by atomic mass is 16.7. The Kier molecular flexibility index (Phi) is 4.75. The van der Waals surface area contributed by atoms with Crippen molar-refractivity contribution in [2.75, 3.05) is 12.1 Å². The van der Waals surface area contributed by atoms with Gasteiger partial charge in [0, 0.05) is 13.1 Å². The predicted octanol–water partition coefficient (Wildman–Crippen LogP) is 2.62. The highest BCUT2D eigenvalue weighted by molar-refractivity contribution is 5.94. The second-order valence-electron chi connectivity index (χ2n) is 6.70. The molecule has 3 aromatic rings. The van der Waals surface area contributed by atoms with E-state index in [1.807, 2.05) is 30.3 Å². The van der Waals surface area contributed by atoms with Crippen LogP contribution in [0.15, 0.2) is 53.3 Å². The highest BCUT2D eigenvalue weighted by Crippen LogP contribution is 2.35. The van der Waals surface area contributed by atoms with Crippen LogP contribution in [0.5, 0.6) is 17.2 Å². The van der Waals surface area contributed by atoms with Crippen LogP contribution in [-0.2, 0) is 11.8 Å². The molecule has 1 atom stereocenters. The van der Waals surface area contributed by atoms with Gasteiger partial charge in [0.05, 0.1) is 11.4 Å². The third-order valence-electron chi connectivity index (χ3n) is 4.83. The summed E-state index contributed by atoms with van der Waals surface area (Å²) >= 11 is 0. The monoisotopic (exact) mass is 395 g/mol. The second kappa shape index (κ2) is 7.38. The number of ether oxygens (including phenoxy) is 3. The minimum Gasteiger partial charge on any atom is -0.481 e. The molecule has 2 aromatic carbocycles. The Balaban J connectivity index is 1.53. The lowest BCUT2D eigenvalue weighted by atomic mass is 10.3. The zero-order chi connectivity index (χ0) is 20.5. The molecule has 0 fully saturated rings. The van der Waals surface area contributed by atoms with Crippen molar-refractivity contribution in [3.63, 3.8) is 0 Å². The zero-order valence-corrected chi connectivity index (χ0v) is 16.3. The molecule has 0 radical (unpaired) electrons. The number of benzene rings is 2. The number of carbonyl (C=O) groups excluding carboxylic acids is 1. The molecule has 1 amide bonds. The van der Waals surface area contributed by atoms with Crippen LogP contribution in [-0.4, -0.2) is 28.2 Å². The molecule has 0 unspecified atom stereocenters. The molecule has 1 aliphatic rings. The van der Waals surface area contributed by atoms with Crippen molar-refractivity contribution in [3.05, 3.63) is 64.6 Å². The quantitative estimate of drug-likeness (QED) is 0.718. The third-order valence-corrected chi connectivity index (χ3v) is 4.83. The number of hydrogen-bond acceptors (Lipinski definition) is 5. The normalized spacial score (nSPS) is 13.2. The van der Waals surface area contributed by atoms with Crippen LogP contribution in [0.4, 0.5) is 5.69 Å². The number of fused-ring (bicyclic) bond motifs is 1. The van der Waals surface area contributed by atoms with E-state index in [-0.39, 0.29) is 18.0 Å². The van der Waals surface area contributed by atoms with E-state index in [9.17, 15) is 9.59 Å². The maximum Gasteiger partial charge on any atom is 0.295 e. The molecule has 1 N–H and O–H groups in total. The van der Waals surface area contributed by atoms with Gasteiger partial charge in [0.2, 0.25) is 6.79 Å². The van der Waals surface area contributed by atoms with Gasteiger partial charge in [-0.25, -0.2) is 4.68 Å². The van der Waals surface area contributed by atoms with E-state index < -0.39 is 12.0 Å².